The molecule has 0 N–H and O–H groups in total. The van der Waals surface area contributed by atoms with Gasteiger partial charge < -0.3 is 0 Å². The molecule has 0 aliphatic carbocycles. The average molecular weight is 306 g/mol. The number of rotatable bonds is 1. The van der Waals surface area contributed by atoms with E-state index in [1.807, 2.05) is 0 Å². The predicted octanol–water partition coefficient (Wildman–Crippen LogP) is 1.86. The Morgan fingerprint density at radius 2 is 2.00 bits per heavy atom. The van der Waals surface area contributed by atoms with E-state index in [0.29, 0.717) is 11.5 Å². The molecule has 4 nitrogen and oxygen atoms in total. The second kappa shape index (κ2) is 5.50. The van der Waals surface area contributed by atoms with E-state index in [9.17, 15) is 13.2 Å². The topological polar surface area (TPSA) is 54.5 Å². The van der Waals surface area contributed by atoms with Crippen molar-refractivity contribution in [3.05, 3.63) is 34.9 Å². The smallest absolute Gasteiger partial charge is 0.268 e. The first-order chi connectivity index (χ1) is 8.52. The SMILES string of the molecule is O=C(c1ccccc1Cl)N1CCSCCS1(=O)=O. The summed E-state index contributed by atoms with van der Waals surface area (Å²) in [4.78, 5) is 12.2. The molecule has 1 fully saturated rings. The van der Waals surface area contributed by atoms with Gasteiger partial charge in [-0.3, -0.25) is 4.79 Å². The highest BCUT2D eigenvalue weighted by atomic mass is 35.5. The van der Waals surface area contributed by atoms with Gasteiger partial charge in [0.15, 0.2) is 0 Å². The van der Waals surface area contributed by atoms with Gasteiger partial charge in [0, 0.05) is 18.1 Å². The Labute approximate surface area is 115 Å². The van der Waals surface area contributed by atoms with Crippen molar-refractivity contribution < 1.29 is 13.2 Å². The molecule has 0 aromatic heterocycles. The van der Waals surface area contributed by atoms with Gasteiger partial charge in [-0.15, -0.1) is 0 Å². The minimum absolute atomic E-state index is 0.00609. The Hall–Kier alpha value is -0.720. The maximum Gasteiger partial charge on any atom is 0.268 e. The Morgan fingerprint density at radius 1 is 1.28 bits per heavy atom. The molecule has 1 aliphatic rings. The second-order valence-electron chi connectivity index (χ2n) is 3.79. The third-order valence-electron chi connectivity index (χ3n) is 2.59. The zero-order valence-corrected chi connectivity index (χ0v) is 11.9. The maximum absolute atomic E-state index is 12.2. The van der Waals surface area contributed by atoms with Gasteiger partial charge in [0.25, 0.3) is 5.91 Å². The van der Waals surface area contributed by atoms with Crippen molar-refractivity contribution in [2.24, 2.45) is 0 Å². The molecule has 1 heterocycles. The van der Waals surface area contributed by atoms with Gasteiger partial charge in [0.2, 0.25) is 10.0 Å². The van der Waals surface area contributed by atoms with Crippen LogP contribution in [0.5, 0.6) is 0 Å². The highest BCUT2D eigenvalue weighted by Gasteiger charge is 2.30. The van der Waals surface area contributed by atoms with Crippen LogP contribution >= 0.6 is 23.4 Å². The summed E-state index contributed by atoms with van der Waals surface area (Å²) in [5, 5.41) is 0.273. The van der Waals surface area contributed by atoms with Crippen molar-refractivity contribution in [1.29, 1.82) is 0 Å². The molecule has 1 aromatic rings. The number of carbonyl (C=O) groups is 1. The van der Waals surface area contributed by atoms with Gasteiger partial charge in [0.1, 0.15) is 0 Å². The number of sulfonamides is 1. The monoisotopic (exact) mass is 305 g/mol. The first kappa shape index (κ1) is 13.7. The molecule has 18 heavy (non-hydrogen) atoms. The largest absolute Gasteiger partial charge is 0.268 e. The molecule has 1 amide bonds. The lowest BCUT2D eigenvalue weighted by Gasteiger charge is -2.20. The molecule has 0 atom stereocenters. The van der Waals surface area contributed by atoms with Gasteiger partial charge >= 0.3 is 0 Å². The predicted molar refractivity (Wildman–Crippen MR) is 73.6 cm³/mol. The molecule has 0 bridgehead atoms. The third-order valence-corrected chi connectivity index (χ3v) is 5.88. The van der Waals surface area contributed by atoms with Crippen LogP contribution in [0.1, 0.15) is 10.4 Å². The Balaban J connectivity index is 2.35. The Bertz CT molecular complexity index is 559. The van der Waals surface area contributed by atoms with Gasteiger partial charge in [-0.05, 0) is 12.1 Å². The molecule has 0 spiro atoms. The molecule has 0 saturated carbocycles. The highest BCUT2D eigenvalue weighted by Crippen LogP contribution is 2.21. The van der Waals surface area contributed by atoms with Gasteiger partial charge in [-0.1, -0.05) is 23.7 Å². The lowest BCUT2D eigenvalue weighted by atomic mass is 10.2. The molecule has 98 valence electrons. The number of amides is 1. The summed E-state index contributed by atoms with van der Waals surface area (Å²) >= 11 is 7.46. The first-order valence-corrected chi connectivity index (χ1v) is 8.53. The molecular weight excluding hydrogens is 294 g/mol. The van der Waals surface area contributed by atoms with E-state index in [1.165, 1.54) is 17.8 Å². The summed E-state index contributed by atoms with van der Waals surface area (Å²) < 4.78 is 24.9. The van der Waals surface area contributed by atoms with Gasteiger partial charge in [-0.25, -0.2) is 12.7 Å². The van der Waals surface area contributed by atoms with E-state index in [0.717, 1.165) is 4.31 Å². The van der Waals surface area contributed by atoms with Crippen LogP contribution < -0.4 is 0 Å². The molecule has 0 radical (unpaired) electrons. The van der Waals surface area contributed by atoms with Crippen LogP contribution in [0.3, 0.4) is 0 Å². The summed E-state index contributed by atoms with van der Waals surface area (Å²) in [5.74, 6) is 0.598. The van der Waals surface area contributed by atoms with E-state index < -0.39 is 15.9 Å². The van der Waals surface area contributed by atoms with Gasteiger partial charge in [-0.2, -0.15) is 11.8 Å². The van der Waals surface area contributed by atoms with Crippen LogP contribution in [0.15, 0.2) is 24.3 Å². The Kier molecular flexibility index (Phi) is 4.19. The zero-order chi connectivity index (χ0) is 13.2. The molecule has 7 heteroatoms. The summed E-state index contributed by atoms with van der Waals surface area (Å²) in [5.41, 5.74) is 0.231. The van der Waals surface area contributed by atoms with Crippen molar-refractivity contribution in [3.8, 4) is 0 Å². The first-order valence-electron chi connectivity index (χ1n) is 5.39. The van der Waals surface area contributed by atoms with Gasteiger partial charge in [0.05, 0.1) is 16.3 Å². The minimum atomic E-state index is -3.52. The number of carbonyl (C=O) groups excluding carboxylic acids is 1. The Morgan fingerprint density at radius 3 is 2.72 bits per heavy atom. The third kappa shape index (κ3) is 2.81. The lowest BCUT2D eigenvalue weighted by Crippen LogP contribution is -2.38. The molecule has 1 aliphatic heterocycles. The van der Waals surface area contributed by atoms with Crippen LogP contribution in [-0.4, -0.2) is 42.4 Å². The van der Waals surface area contributed by atoms with E-state index in [2.05, 4.69) is 0 Å². The van der Waals surface area contributed by atoms with Crippen molar-refractivity contribution in [2.75, 3.05) is 23.8 Å². The fraction of sp³-hybridized carbons (Fsp3) is 0.364. The van der Waals surface area contributed by atoms with Crippen LogP contribution in [-0.2, 0) is 10.0 Å². The van der Waals surface area contributed by atoms with E-state index >= 15 is 0 Å². The number of thioether (sulfide) groups is 1. The number of hydrogen-bond donors (Lipinski definition) is 0. The van der Waals surface area contributed by atoms with Crippen LogP contribution in [0.25, 0.3) is 0 Å². The fourth-order valence-corrected chi connectivity index (χ4v) is 4.76. The maximum atomic E-state index is 12.2. The molecule has 1 aromatic carbocycles. The van der Waals surface area contributed by atoms with Crippen molar-refractivity contribution in [1.82, 2.24) is 4.31 Å². The number of halogens is 1. The quantitative estimate of drug-likeness (QED) is 0.795. The number of hydrogen-bond acceptors (Lipinski definition) is 4. The van der Waals surface area contributed by atoms with Crippen molar-refractivity contribution in [2.45, 2.75) is 0 Å². The van der Waals surface area contributed by atoms with Crippen molar-refractivity contribution >= 4 is 39.3 Å². The van der Waals surface area contributed by atoms with E-state index in [1.54, 1.807) is 18.2 Å². The standard InChI is InChI=1S/C11H12ClNO3S2/c12-10-4-2-1-3-9(10)11(14)13-5-6-17-7-8-18(13,15)16/h1-4H,5-8H2. The fourth-order valence-electron chi connectivity index (χ4n) is 1.66. The highest BCUT2D eigenvalue weighted by molar-refractivity contribution is 8.00. The summed E-state index contributed by atoms with van der Waals surface area (Å²) in [7, 11) is -3.52. The number of nitrogens with zero attached hydrogens (tertiary/aromatic N) is 1. The summed E-state index contributed by atoms with van der Waals surface area (Å²) in [6.45, 7) is 0.205. The molecule has 1 saturated heterocycles. The average Bonchev–Trinajstić information content (AvgIpc) is 2.50. The lowest BCUT2D eigenvalue weighted by molar-refractivity contribution is 0.0868. The molecular formula is C11H12ClNO3S2. The van der Waals surface area contributed by atoms with Crippen molar-refractivity contribution in [3.63, 3.8) is 0 Å². The number of benzene rings is 1. The van der Waals surface area contributed by atoms with E-state index in [-0.39, 0.29) is 22.9 Å². The minimum Gasteiger partial charge on any atom is -0.268 e. The van der Waals surface area contributed by atoms with Crippen LogP contribution in [0.2, 0.25) is 5.02 Å². The van der Waals surface area contributed by atoms with Crippen LogP contribution in [0, 0.1) is 0 Å². The summed E-state index contributed by atoms with van der Waals surface area (Å²) in [6.07, 6.45) is 0. The van der Waals surface area contributed by atoms with Crippen LogP contribution in [0.4, 0.5) is 0 Å². The normalized spacial score (nSPS) is 19.3. The molecule has 0 unspecified atom stereocenters. The van der Waals surface area contributed by atoms with E-state index in [4.69, 9.17) is 11.6 Å². The summed E-state index contributed by atoms with van der Waals surface area (Å²) in [6, 6.07) is 6.48. The zero-order valence-electron chi connectivity index (χ0n) is 9.50. The second-order valence-corrected chi connectivity index (χ2v) is 7.43. The molecule has 2 rings (SSSR count).